The molecule has 0 unspecified atom stereocenters. The molecule has 13 atom stereocenters. The van der Waals surface area contributed by atoms with Crippen molar-refractivity contribution in [2.24, 2.45) is 34.8 Å². The van der Waals surface area contributed by atoms with Gasteiger partial charge in [0.2, 0.25) is 82.7 Å². The van der Waals surface area contributed by atoms with Crippen LogP contribution < -0.4 is 86.7 Å². The van der Waals surface area contributed by atoms with Crippen LogP contribution in [0.2, 0.25) is 0 Å². The van der Waals surface area contributed by atoms with Crippen molar-refractivity contribution in [1.29, 1.82) is 0 Å². The van der Waals surface area contributed by atoms with Crippen molar-refractivity contribution >= 4 is 137 Å². The molecule has 41 heteroatoms. The molecule has 14 amide bonds. The Hall–Kier alpha value is -11.4. The smallest absolute Gasteiger partial charge is 0.326 e. The predicted molar refractivity (Wildman–Crippen MR) is 453 cm³/mol. The highest BCUT2D eigenvalue weighted by Gasteiger charge is 2.40. The number of carbonyl (C=O) groups is 17. The third-order valence-electron chi connectivity index (χ3n) is 20.0. The lowest BCUT2D eigenvalue weighted by atomic mass is 9.99. The van der Waals surface area contributed by atoms with Crippen LogP contribution in [0.4, 0.5) is 0 Å². The van der Waals surface area contributed by atoms with Crippen molar-refractivity contribution in [3.63, 3.8) is 0 Å². The minimum absolute atomic E-state index is 0.00633. The number of unbranched alkanes of at least 4 members (excludes halogenated alkanes) is 2. The highest BCUT2D eigenvalue weighted by molar-refractivity contribution is 7.80. The van der Waals surface area contributed by atoms with Gasteiger partial charge in [0.1, 0.15) is 78.3 Å². The molecule has 2 heterocycles. The third kappa shape index (κ3) is 34.6. The van der Waals surface area contributed by atoms with E-state index in [1.54, 1.807) is 88.5 Å². The Balaban J connectivity index is 1.36. The van der Waals surface area contributed by atoms with E-state index in [2.05, 4.69) is 94.0 Å². The lowest BCUT2D eigenvalue weighted by Gasteiger charge is -2.29. The number of aromatic amines is 1. The number of carboxylic acid groups (broad SMARTS) is 3. The molecular formula is C81H118N18O21S2. The molecule has 39 nitrogen and oxygen atoms in total. The summed E-state index contributed by atoms with van der Waals surface area (Å²) < 4.78 is 0. The number of likely N-dealkylation sites (tertiary alicyclic amines) is 1. The number of nitrogens with one attached hydrogen (secondary N) is 13. The number of primary amides is 1. The molecule has 1 fully saturated rings. The van der Waals surface area contributed by atoms with E-state index in [0.717, 1.165) is 4.90 Å². The SMILES string of the molecule is CC(C)C[C@H](NC(=O)[C@H](Cc1c[nH]c2ccccc12)NC(=O)[C@H](CCC(N)=O)NC(=O)[C@H](CC(C)C)NC(=O)[C@@H]1CCCN1C(=O)CNC(=O)[C@H](CCC(=O)O)NC(=O)[C@H](CCCCN)NC(=O)[C@@H](N)CS)C(=O)N[C@@H](CS)C(=O)N[C@@H](CCC(=O)O)C(=O)N[C@@H](CCCCN)C(=O)N[C@@H](Cc1ccc(O)cc1)C(=O)N[C@@H](Cc1ccccc1)C(=O)O. The number of aliphatic carboxylic acids is 3. The number of H-pyrrole nitrogens is 1. The number of phenolic OH excluding ortho intramolecular Hbond substituents is 1. The number of carbonyl (C=O) groups excluding carboxylic acids is 14. The van der Waals surface area contributed by atoms with Gasteiger partial charge in [-0.1, -0.05) is 88.4 Å². The van der Waals surface area contributed by atoms with Crippen molar-refractivity contribution in [2.75, 3.05) is 37.7 Å². The summed E-state index contributed by atoms with van der Waals surface area (Å²) in [6, 6.07) is 1.84. The number of benzene rings is 3. The molecule has 3 aromatic carbocycles. The van der Waals surface area contributed by atoms with Gasteiger partial charge in [0, 0.05) is 73.7 Å². The number of phenols is 1. The van der Waals surface area contributed by atoms with Crippen molar-refractivity contribution in [3.8, 4) is 5.75 Å². The van der Waals surface area contributed by atoms with Crippen molar-refractivity contribution in [1.82, 2.24) is 73.7 Å². The zero-order valence-corrected chi connectivity index (χ0v) is 70.6. The zero-order chi connectivity index (χ0) is 90.3. The number of nitrogens with two attached hydrogens (primary N) is 4. The first-order valence-corrected chi connectivity index (χ1v) is 41.8. The summed E-state index contributed by atoms with van der Waals surface area (Å²) >= 11 is 8.37. The maximum atomic E-state index is 15.1. The Kier molecular flexibility index (Phi) is 43.1. The number of aromatic nitrogens is 1. The Morgan fingerprint density at radius 3 is 1.36 bits per heavy atom. The number of fused-ring (bicyclic) bond motifs is 1. The highest BCUT2D eigenvalue weighted by Crippen LogP contribution is 2.23. The summed E-state index contributed by atoms with van der Waals surface area (Å²) in [5.74, 6) is -18.5. The maximum Gasteiger partial charge on any atom is 0.326 e. The van der Waals surface area contributed by atoms with Gasteiger partial charge in [-0.15, -0.1) is 0 Å². The quantitative estimate of drug-likeness (QED) is 0.0167. The number of rotatable bonds is 55. The summed E-state index contributed by atoms with van der Waals surface area (Å²) in [6.45, 7) is 6.57. The summed E-state index contributed by atoms with van der Waals surface area (Å²) in [6.07, 6.45) is -0.866. The van der Waals surface area contributed by atoms with Crippen LogP contribution in [0.1, 0.15) is 147 Å². The van der Waals surface area contributed by atoms with Crippen LogP contribution in [0.25, 0.3) is 10.9 Å². The first-order chi connectivity index (χ1) is 57.9. The molecule has 25 N–H and O–H groups in total. The number of hydrogen-bond acceptors (Lipinski definition) is 23. The van der Waals surface area contributed by atoms with E-state index in [0.29, 0.717) is 46.9 Å². The Morgan fingerprint density at radius 2 is 0.869 bits per heavy atom. The van der Waals surface area contributed by atoms with E-state index in [1.807, 2.05) is 0 Å². The van der Waals surface area contributed by atoms with Crippen LogP contribution in [-0.2, 0) is 101 Å². The van der Waals surface area contributed by atoms with Gasteiger partial charge >= 0.3 is 17.9 Å². The van der Waals surface area contributed by atoms with E-state index in [4.69, 9.17) is 22.9 Å². The van der Waals surface area contributed by atoms with Gasteiger partial charge in [-0.2, -0.15) is 25.3 Å². The van der Waals surface area contributed by atoms with Gasteiger partial charge < -0.3 is 117 Å². The van der Waals surface area contributed by atoms with Gasteiger partial charge in [0.15, 0.2) is 0 Å². The molecule has 0 bridgehead atoms. The predicted octanol–water partition coefficient (Wildman–Crippen LogP) is -2.04. The maximum absolute atomic E-state index is 15.1. The molecule has 670 valence electrons. The second kappa shape index (κ2) is 52.0. The summed E-state index contributed by atoms with van der Waals surface area (Å²) in [5.41, 5.74) is 25.0. The number of carboxylic acids is 3. The van der Waals surface area contributed by atoms with Gasteiger partial charge in [0.05, 0.1) is 12.6 Å². The normalized spacial score (nSPS) is 15.4. The van der Waals surface area contributed by atoms with Crippen molar-refractivity contribution in [3.05, 3.63) is 102 Å². The molecule has 1 aromatic heterocycles. The highest BCUT2D eigenvalue weighted by atomic mass is 32.1. The largest absolute Gasteiger partial charge is 0.508 e. The molecule has 0 radical (unpaired) electrons. The van der Waals surface area contributed by atoms with Crippen LogP contribution in [0.5, 0.6) is 5.75 Å². The average Bonchev–Trinajstić information content (AvgIpc) is 1.71. The molecule has 4 aromatic rings. The molecule has 1 aliphatic heterocycles. The number of nitrogens with zero attached hydrogens (tertiary/aromatic N) is 1. The second-order valence-corrected chi connectivity index (χ2v) is 31.5. The van der Waals surface area contributed by atoms with E-state index < -0.39 is 230 Å². The summed E-state index contributed by atoms with van der Waals surface area (Å²) in [5, 5.41) is 70.9. The molecule has 1 saturated heterocycles. The Labute approximate surface area is 717 Å². The molecule has 0 saturated carbocycles. The lowest BCUT2D eigenvalue weighted by molar-refractivity contribution is -0.142. The molecule has 0 aliphatic carbocycles. The van der Waals surface area contributed by atoms with Crippen LogP contribution in [0.15, 0.2) is 85.1 Å². The van der Waals surface area contributed by atoms with Gasteiger partial charge in [-0.3, -0.25) is 76.7 Å². The van der Waals surface area contributed by atoms with Gasteiger partial charge in [0.25, 0.3) is 0 Å². The van der Waals surface area contributed by atoms with E-state index >= 15 is 4.79 Å². The lowest BCUT2D eigenvalue weighted by Crippen LogP contribution is -2.61. The molecule has 0 spiro atoms. The number of amides is 14. The van der Waals surface area contributed by atoms with E-state index in [9.17, 15) is 97.1 Å². The number of aromatic hydroxyl groups is 1. The average molecular weight is 1740 g/mol. The fourth-order valence-electron chi connectivity index (χ4n) is 13.4. The van der Waals surface area contributed by atoms with Gasteiger partial charge in [-0.25, -0.2) is 4.79 Å². The number of hydrogen-bond donors (Lipinski definition) is 23. The second-order valence-electron chi connectivity index (χ2n) is 30.8. The Bertz CT molecular complexity index is 4240. The molecule has 1 aliphatic rings. The standard InChI is InChI=1S/C81H118N18O21S2/c1-44(2)35-58(76(114)98-63(43-122)79(117)92-57(28-31-68(105)106)73(111)89-54(20-11-13-33-83)72(110)94-60(37-47-22-24-49(100)25-23-47)77(115)97-62(81(119)120)38-46-15-6-5-7-16-46)93-78(116)61(39-48-40-86-52-18-9-8-17-50(48)52)95-74(112)56(26-29-65(85)101)91-75(113)59(36-45(3)4)96-80(118)64-21-14-34-99(64)66(102)41-87-70(108)55(27-30-67(103)104)90-71(109)53(19-10-12-32-82)88-69(107)51(84)42-121/h5-9,15-18,22-25,40,44-45,51,53-64,86,100,121-122H,10-14,19-21,26-39,41-43,82-84H2,1-4H3,(H2,85,101)(H,87,108)(H,88,107)(H,89,111)(H,90,109)(H,91,113)(H,92,117)(H,93,116)(H,94,110)(H,95,112)(H,96,118)(H,97,115)(H,98,114)(H,103,104)(H,105,106)(H,119,120)/t51-,53-,54-,55-,56-,57-,58-,59-,60-,61-,62-,63-,64-/m0/s1. The monoisotopic (exact) mass is 1740 g/mol. The topological polar surface area (TPSA) is 639 Å². The fourth-order valence-corrected chi connectivity index (χ4v) is 13.8. The molecule has 122 heavy (non-hydrogen) atoms. The number of thiol groups is 2. The van der Waals surface area contributed by atoms with E-state index in [1.165, 1.54) is 24.3 Å². The molecule has 5 rings (SSSR count). The Morgan fingerprint density at radius 1 is 0.459 bits per heavy atom. The number of para-hydroxylation sites is 1. The fraction of sp³-hybridized carbons (Fsp3) is 0.543. The van der Waals surface area contributed by atoms with E-state index in [-0.39, 0.29) is 107 Å². The van der Waals surface area contributed by atoms with Gasteiger partial charge in [-0.05, 0) is 143 Å². The summed E-state index contributed by atoms with van der Waals surface area (Å²) in [4.78, 5) is 238. The van der Waals surface area contributed by atoms with Crippen molar-refractivity contribution in [2.45, 2.75) is 228 Å². The molecular weight excluding hydrogens is 1630 g/mol. The first-order valence-electron chi connectivity index (χ1n) is 40.6. The minimum atomic E-state index is -1.74. The minimum Gasteiger partial charge on any atom is -0.508 e. The van der Waals surface area contributed by atoms with Crippen LogP contribution in [0.3, 0.4) is 0 Å². The van der Waals surface area contributed by atoms with Crippen LogP contribution in [-0.4, -0.2) is 247 Å². The van der Waals surface area contributed by atoms with Crippen LogP contribution in [0, 0.1) is 11.8 Å². The first kappa shape index (κ1) is 101. The van der Waals surface area contributed by atoms with Crippen molar-refractivity contribution < 1.29 is 102 Å². The summed E-state index contributed by atoms with van der Waals surface area (Å²) in [7, 11) is 0. The van der Waals surface area contributed by atoms with Crippen LogP contribution >= 0.6 is 25.3 Å². The zero-order valence-electron chi connectivity index (χ0n) is 68.8. The third-order valence-corrected chi connectivity index (χ3v) is 20.7.